The summed E-state index contributed by atoms with van der Waals surface area (Å²) in [7, 11) is 0. The van der Waals surface area contributed by atoms with Crippen LogP contribution in [0.1, 0.15) is 75.0 Å². The van der Waals surface area contributed by atoms with Crippen LogP contribution in [0.25, 0.3) is 0 Å². The number of benzene rings is 1. The van der Waals surface area contributed by atoms with Gasteiger partial charge in [0, 0.05) is 5.57 Å². The van der Waals surface area contributed by atoms with E-state index in [2.05, 4.69) is 25.6 Å². The lowest BCUT2D eigenvalue weighted by molar-refractivity contribution is -0.140. The van der Waals surface area contributed by atoms with Crippen molar-refractivity contribution in [2.24, 2.45) is 5.92 Å². The second-order valence-corrected chi connectivity index (χ2v) is 7.05. The Morgan fingerprint density at radius 2 is 1.96 bits per heavy atom. The maximum atomic E-state index is 11.6. The molecular weight excluding hydrogens is 300 g/mol. The van der Waals surface area contributed by atoms with Crippen LogP contribution in [-0.2, 0) is 22.7 Å². The molecule has 132 valence electrons. The zero-order valence-electron chi connectivity index (χ0n) is 15.0. The summed E-state index contributed by atoms with van der Waals surface area (Å²) in [4.78, 5) is 11.6. The van der Waals surface area contributed by atoms with Crippen LogP contribution in [0.3, 0.4) is 0 Å². The molecule has 0 saturated heterocycles. The number of aliphatic hydroxyl groups excluding tert-OH is 1. The van der Waals surface area contributed by atoms with Gasteiger partial charge in [-0.3, -0.25) is 0 Å². The highest BCUT2D eigenvalue weighted by Crippen LogP contribution is 2.38. The van der Waals surface area contributed by atoms with Crippen LogP contribution < -0.4 is 0 Å². The maximum absolute atomic E-state index is 11.6. The Morgan fingerprint density at radius 3 is 2.54 bits per heavy atom. The summed E-state index contributed by atoms with van der Waals surface area (Å²) in [5.74, 6) is 1.09. The van der Waals surface area contributed by atoms with Crippen LogP contribution in [0.4, 0.5) is 0 Å². The van der Waals surface area contributed by atoms with E-state index >= 15 is 0 Å². The molecule has 0 atom stereocenters. The van der Waals surface area contributed by atoms with Crippen LogP contribution in [0, 0.1) is 5.92 Å². The van der Waals surface area contributed by atoms with E-state index in [1.54, 1.807) is 6.92 Å². The number of carbonyl (C=O) groups excluding carboxylic acids is 1. The first-order valence-electron chi connectivity index (χ1n) is 9.10. The van der Waals surface area contributed by atoms with Crippen molar-refractivity contribution in [2.75, 3.05) is 0 Å². The summed E-state index contributed by atoms with van der Waals surface area (Å²) in [6, 6.07) is 6.21. The minimum absolute atomic E-state index is 0.0382. The smallest absolute Gasteiger partial charge is 0.333 e. The van der Waals surface area contributed by atoms with Gasteiger partial charge in [-0.1, -0.05) is 44.5 Å². The van der Waals surface area contributed by atoms with Gasteiger partial charge in [0.25, 0.3) is 0 Å². The van der Waals surface area contributed by atoms with Crippen LogP contribution >= 0.6 is 0 Å². The fraction of sp³-hybridized carbons (Fsp3) is 0.571. The summed E-state index contributed by atoms with van der Waals surface area (Å²) in [6.07, 6.45) is 7.69. The molecule has 0 bridgehead atoms. The van der Waals surface area contributed by atoms with E-state index in [1.165, 1.54) is 44.1 Å². The number of esters is 1. The molecule has 1 saturated carbocycles. The van der Waals surface area contributed by atoms with Crippen molar-refractivity contribution in [3.05, 3.63) is 47.0 Å². The van der Waals surface area contributed by atoms with Crippen molar-refractivity contribution in [2.45, 2.75) is 71.5 Å². The fourth-order valence-corrected chi connectivity index (χ4v) is 3.65. The van der Waals surface area contributed by atoms with E-state index in [4.69, 9.17) is 4.74 Å². The Bertz CT molecular complexity index is 568. The largest absolute Gasteiger partial charge is 0.457 e. The molecule has 1 fully saturated rings. The lowest BCUT2D eigenvalue weighted by Crippen LogP contribution is -2.14. The van der Waals surface area contributed by atoms with Crippen LogP contribution in [-0.4, -0.2) is 11.1 Å². The Kier molecular flexibility index (Phi) is 7.04. The van der Waals surface area contributed by atoms with Gasteiger partial charge in [0.15, 0.2) is 0 Å². The van der Waals surface area contributed by atoms with Crippen molar-refractivity contribution < 1.29 is 14.6 Å². The molecule has 0 aromatic heterocycles. The predicted molar refractivity (Wildman–Crippen MR) is 96.6 cm³/mol. The normalized spacial score (nSPS) is 20.6. The lowest BCUT2D eigenvalue weighted by atomic mass is 9.77. The monoisotopic (exact) mass is 330 g/mol. The van der Waals surface area contributed by atoms with Crippen molar-refractivity contribution in [1.82, 2.24) is 0 Å². The molecule has 1 aromatic rings. The van der Waals surface area contributed by atoms with E-state index in [9.17, 15) is 9.90 Å². The van der Waals surface area contributed by atoms with Gasteiger partial charge in [0.2, 0.25) is 0 Å². The molecule has 0 aliphatic heterocycles. The summed E-state index contributed by atoms with van der Waals surface area (Å²) in [5, 5.41) is 9.53. The number of hydrogen-bond acceptors (Lipinski definition) is 3. The Labute approximate surface area is 145 Å². The fourth-order valence-electron chi connectivity index (χ4n) is 3.65. The van der Waals surface area contributed by atoms with E-state index in [0.29, 0.717) is 11.5 Å². The van der Waals surface area contributed by atoms with E-state index < -0.39 is 0 Å². The third kappa shape index (κ3) is 4.94. The molecule has 0 amide bonds. The van der Waals surface area contributed by atoms with Gasteiger partial charge in [-0.25, -0.2) is 4.79 Å². The molecule has 2 rings (SSSR count). The average Bonchev–Trinajstić information content (AvgIpc) is 2.60. The zero-order chi connectivity index (χ0) is 17.5. The average molecular weight is 330 g/mol. The Morgan fingerprint density at radius 1 is 1.25 bits per heavy atom. The highest BCUT2D eigenvalue weighted by atomic mass is 16.5. The maximum Gasteiger partial charge on any atom is 0.333 e. The first kappa shape index (κ1) is 18.7. The Balaban J connectivity index is 2.05. The van der Waals surface area contributed by atoms with E-state index in [0.717, 1.165) is 17.0 Å². The summed E-state index contributed by atoms with van der Waals surface area (Å²) < 4.78 is 5.27. The van der Waals surface area contributed by atoms with Crippen LogP contribution in [0.2, 0.25) is 0 Å². The van der Waals surface area contributed by atoms with Crippen molar-refractivity contribution in [3.63, 3.8) is 0 Å². The molecule has 1 N–H and O–H groups in total. The SMILES string of the molecule is C=C(C)C(=O)OCc1cc(C2CCC(CCC)CC2)ccc1CO. The second kappa shape index (κ2) is 9.03. The molecule has 0 radical (unpaired) electrons. The predicted octanol–water partition coefficient (Wildman–Crippen LogP) is 4.87. The van der Waals surface area contributed by atoms with Crippen molar-refractivity contribution in [1.29, 1.82) is 0 Å². The molecule has 0 unspecified atom stereocenters. The van der Waals surface area contributed by atoms with Crippen LogP contribution in [0.15, 0.2) is 30.4 Å². The van der Waals surface area contributed by atoms with Gasteiger partial charge < -0.3 is 9.84 Å². The number of rotatable bonds is 7. The van der Waals surface area contributed by atoms with Gasteiger partial charge in [0.05, 0.1) is 6.61 Å². The van der Waals surface area contributed by atoms with Gasteiger partial charge in [-0.15, -0.1) is 0 Å². The van der Waals surface area contributed by atoms with Gasteiger partial charge in [-0.05, 0) is 61.1 Å². The summed E-state index contributed by atoms with van der Waals surface area (Å²) in [5.41, 5.74) is 3.43. The molecule has 24 heavy (non-hydrogen) atoms. The van der Waals surface area contributed by atoms with E-state index in [1.807, 2.05) is 6.07 Å². The molecule has 1 aliphatic carbocycles. The lowest BCUT2D eigenvalue weighted by Gasteiger charge is -2.29. The van der Waals surface area contributed by atoms with Crippen molar-refractivity contribution >= 4 is 5.97 Å². The highest BCUT2D eigenvalue weighted by molar-refractivity contribution is 5.86. The first-order chi connectivity index (χ1) is 11.5. The number of aliphatic hydroxyl groups is 1. The number of ether oxygens (including phenoxy) is 1. The third-order valence-corrected chi connectivity index (χ3v) is 5.12. The Hall–Kier alpha value is -1.61. The number of carbonyl (C=O) groups is 1. The quantitative estimate of drug-likeness (QED) is 0.573. The highest BCUT2D eigenvalue weighted by Gasteiger charge is 2.22. The van der Waals surface area contributed by atoms with Crippen LogP contribution in [0.5, 0.6) is 0 Å². The third-order valence-electron chi connectivity index (χ3n) is 5.12. The molecule has 3 heteroatoms. The van der Waals surface area contributed by atoms with Gasteiger partial charge in [-0.2, -0.15) is 0 Å². The molecule has 1 aromatic carbocycles. The minimum atomic E-state index is -0.385. The van der Waals surface area contributed by atoms with Gasteiger partial charge >= 0.3 is 5.97 Å². The molecule has 0 spiro atoms. The second-order valence-electron chi connectivity index (χ2n) is 7.05. The van der Waals surface area contributed by atoms with Crippen molar-refractivity contribution in [3.8, 4) is 0 Å². The molecule has 3 nitrogen and oxygen atoms in total. The molecular formula is C21H30O3. The summed E-state index contributed by atoms with van der Waals surface area (Å²) in [6.45, 7) is 7.66. The van der Waals surface area contributed by atoms with E-state index in [-0.39, 0.29) is 19.2 Å². The number of hydrogen-bond donors (Lipinski definition) is 1. The molecule has 0 heterocycles. The minimum Gasteiger partial charge on any atom is -0.457 e. The zero-order valence-corrected chi connectivity index (χ0v) is 15.0. The first-order valence-corrected chi connectivity index (χ1v) is 9.10. The summed E-state index contributed by atoms with van der Waals surface area (Å²) >= 11 is 0. The standard InChI is InChI=1S/C21H30O3/c1-4-5-16-6-8-17(9-7-16)18-10-11-19(13-22)20(12-18)14-24-21(23)15(2)3/h10-12,16-17,22H,2,4-9,13-14H2,1,3H3. The topological polar surface area (TPSA) is 46.5 Å². The van der Waals surface area contributed by atoms with Gasteiger partial charge in [0.1, 0.15) is 6.61 Å². The molecule has 1 aliphatic rings.